The third-order valence-electron chi connectivity index (χ3n) is 4.53. The van der Waals surface area contributed by atoms with Gasteiger partial charge in [0.15, 0.2) is 0 Å². The summed E-state index contributed by atoms with van der Waals surface area (Å²) in [6.07, 6.45) is 1.14. The van der Waals surface area contributed by atoms with Crippen molar-refractivity contribution in [2.75, 3.05) is 26.8 Å². The van der Waals surface area contributed by atoms with Gasteiger partial charge >= 0.3 is 12.1 Å². The van der Waals surface area contributed by atoms with Crippen molar-refractivity contribution >= 4 is 17.0 Å². The van der Waals surface area contributed by atoms with E-state index < -0.39 is 17.3 Å². The van der Waals surface area contributed by atoms with Gasteiger partial charge in [-0.3, -0.25) is 4.79 Å². The van der Waals surface area contributed by atoms with E-state index in [0.29, 0.717) is 29.2 Å². The number of carbonyl (C=O) groups excluding carboxylic acids is 1. The molecule has 0 unspecified atom stereocenters. The fourth-order valence-electron chi connectivity index (χ4n) is 3.08. The molecule has 152 valence electrons. The maximum absolute atomic E-state index is 13.0. The number of rotatable bonds is 4. The number of methoxy groups -OCH3 is 1. The number of aromatic nitrogens is 2. The second-order valence-electron chi connectivity index (χ2n) is 7.90. The molecule has 0 amide bonds. The zero-order valence-electron chi connectivity index (χ0n) is 16.8. The van der Waals surface area contributed by atoms with Crippen LogP contribution >= 0.6 is 0 Å². The molecule has 8 heteroatoms. The molecule has 1 aliphatic heterocycles. The van der Waals surface area contributed by atoms with Crippen LogP contribution in [0.4, 0.5) is 4.79 Å². The van der Waals surface area contributed by atoms with Gasteiger partial charge in [0.1, 0.15) is 11.4 Å². The maximum atomic E-state index is 13.0. The van der Waals surface area contributed by atoms with E-state index in [1.54, 1.807) is 39.0 Å². The Kier molecular flexibility index (Phi) is 5.88. The van der Waals surface area contributed by atoms with Gasteiger partial charge in [-0.25, -0.2) is 4.79 Å². The van der Waals surface area contributed by atoms with Crippen molar-refractivity contribution in [1.29, 1.82) is 0 Å². The Morgan fingerprint density at radius 2 is 2.00 bits per heavy atom. The van der Waals surface area contributed by atoms with Crippen LogP contribution in [0.5, 0.6) is 11.8 Å². The van der Waals surface area contributed by atoms with Gasteiger partial charge < -0.3 is 19.5 Å². The van der Waals surface area contributed by atoms with Gasteiger partial charge in [0.05, 0.1) is 24.6 Å². The molecule has 0 spiro atoms. The first-order valence-corrected chi connectivity index (χ1v) is 9.46. The summed E-state index contributed by atoms with van der Waals surface area (Å²) in [6.45, 7) is 7.46. The van der Waals surface area contributed by atoms with Crippen LogP contribution in [0.25, 0.3) is 10.9 Å². The average Bonchev–Trinajstić information content (AvgIpc) is 2.65. The van der Waals surface area contributed by atoms with Crippen molar-refractivity contribution in [3.63, 3.8) is 0 Å². The first kappa shape index (κ1) is 20.1. The van der Waals surface area contributed by atoms with Crippen molar-refractivity contribution in [2.24, 2.45) is 5.92 Å². The summed E-state index contributed by atoms with van der Waals surface area (Å²) in [4.78, 5) is 30.1. The highest BCUT2D eigenvalue weighted by atomic mass is 16.6. The van der Waals surface area contributed by atoms with Gasteiger partial charge in [-0.1, -0.05) is 0 Å². The number of hydrogen-bond acceptors (Lipinski definition) is 7. The quantitative estimate of drug-likeness (QED) is 0.859. The molecule has 1 aliphatic rings. The van der Waals surface area contributed by atoms with E-state index in [2.05, 4.69) is 10.3 Å². The molecule has 2 heterocycles. The molecule has 0 radical (unpaired) electrons. The summed E-state index contributed by atoms with van der Waals surface area (Å²) in [6, 6.07) is 4.83. The molecular formula is C20H27N3O5. The van der Waals surface area contributed by atoms with E-state index >= 15 is 0 Å². The number of hydrogen-bond donors (Lipinski definition) is 1. The lowest BCUT2D eigenvalue weighted by atomic mass is 9.99. The van der Waals surface area contributed by atoms with Gasteiger partial charge in [-0.2, -0.15) is 9.55 Å². The van der Waals surface area contributed by atoms with Crippen LogP contribution in [0.1, 0.15) is 33.6 Å². The minimum Gasteiger partial charge on any atom is -0.497 e. The van der Waals surface area contributed by atoms with Crippen molar-refractivity contribution in [2.45, 2.75) is 39.2 Å². The molecule has 1 fully saturated rings. The lowest BCUT2D eigenvalue weighted by Gasteiger charge is -2.24. The Balaban J connectivity index is 2.01. The number of piperidine rings is 1. The van der Waals surface area contributed by atoms with Crippen molar-refractivity contribution in [3.8, 4) is 11.8 Å². The predicted octanol–water partition coefficient (Wildman–Crippen LogP) is 2.57. The molecule has 0 atom stereocenters. The number of fused-ring (bicyclic) bond motifs is 1. The largest absolute Gasteiger partial charge is 0.497 e. The smallest absolute Gasteiger partial charge is 0.425 e. The molecule has 1 saturated heterocycles. The molecule has 8 nitrogen and oxygen atoms in total. The zero-order valence-corrected chi connectivity index (χ0v) is 16.8. The number of nitrogens with one attached hydrogen (secondary N) is 1. The minimum absolute atomic E-state index is 0.0569. The van der Waals surface area contributed by atoms with Gasteiger partial charge in [-0.15, -0.1) is 0 Å². The van der Waals surface area contributed by atoms with Crippen LogP contribution in [0.3, 0.4) is 0 Å². The number of ether oxygens (including phenoxy) is 3. The Morgan fingerprint density at radius 1 is 1.29 bits per heavy atom. The molecule has 28 heavy (non-hydrogen) atoms. The average molecular weight is 389 g/mol. The van der Waals surface area contributed by atoms with Crippen LogP contribution in [0.2, 0.25) is 0 Å². The van der Waals surface area contributed by atoms with Crippen LogP contribution in [-0.2, 0) is 4.74 Å². The number of nitrogens with zero attached hydrogens (tertiary/aromatic N) is 2. The monoisotopic (exact) mass is 389 g/mol. The molecule has 2 aromatic rings. The van der Waals surface area contributed by atoms with Gasteiger partial charge in [0, 0.05) is 6.07 Å². The molecule has 0 saturated carbocycles. The van der Waals surface area contributed by atoms with Crippen LogP contribution in [0, 0.1) is 5.92 Å². The first-order chi connectivity index (χ1) is 13.3. The Hall–Kier alpha value is -2.61. The topological polar surface area (TPSA) is 91.7 Å². The summed E-state index contributed by atoms with van der Waals surface area (Å²) in [5.41, 5.74) is -0.871. The van der Waals surface area contributed by atoms with Crippen molar-refractivity contribution in [3.05, 3.63) is 28.6 Å². The fraction of sp³-hybridized carbons (Fsp3) is 0.550. The second-order valence-corrected chi connectivity index (χ2v) is 7.90. The van der Waals surface area contributed by atoms with E-state index in [4.69, 9.17) is 14.2 Å². The molecule has 0 aliphatic carbocycles. The summed E-state index contributed by atoms with van der Waals surface area (Å²) in [5.74, 6) is 0.907. The zero-order chi connectivity index (χ0) is 20.3. The third-order valence-corrected chi connectivity index (χ3v) is 4.53. The second kappa shape index (κ2) is 8.18. The number of carbonyl (C=O) groups is 1. The lowest BCUT2D eigenvalue weighted by Crippen LogP contribution is -2.36. The molecule has 1 aromatic heterocycles. The van der Waals surface area contributed by atoms with E-state index in [1.165, 1.54) is 7.11 Å². The molecular weight excluding hydrogens is 362 g/mol. The highest BCUT2D eigenvalue weighted by molar-refractivity contribution is 5.83. The maximum Gasteiger partial charge on any atom is 0.425 e. The standard InChI is InChI=1S/C20H27N3O5/c1-20(2,3)28-19(25)23-17(24)15-6-5-14(26-4)11-16(15)22-18(23)27-12-13-7-9-21-10-8-13/h5-6,11,13,21H,7-10,12H2,1-4H3. The third kappa shape index (κ3) is 4.62. The summed E-state index contributed by atoms with van der Waals surface area (Å²) in [7, 11) is 1.54. The fourth-order valence-corrected chi connectivity index (χ4v) is 3.08. The first-order valence-electron chi connectivity index (χ1n) is 9.46. The summed E-state index contributed by atoms with van der Waals surface area (Å²) >= 11 is 0. The van der Waals surface area contributed by atoms with Gasteiger partial charge in [0.2, 0.25) is 0 Å². The van der Waals surface area contributed by atoms with Crippen molar-refractivity contribution < 1.29 is 19.0 Å². The van der Waals surface area contributed by atoms with E-state index in [9.17, 15) is 9.59 Å². The normalized spacial score (nSPS) is 15.4. The SMILES string of the molecule is COc1ccc2c(=O)n(C(=O)OC(C)(C)C)c(OCC3CCNCC3)nc2c1. The predicted molar refractivity (Wildman–Crippen MR) is 105 cm³/mol. The van der Waals surface area contributed by atoms with Gasteiger partial charge in [0.25, 0.3) is 5.56 Å². The highest BCUT2D eigenvalue weighted by Crippen LogP contribution is 2.21. The van der Waals surface area contributed by atoms with E-state index in [1.807, 2.05) is 0 Å². The lowest BCUT2D eigenvalue weighted by molar-refractivity contribution is 0.0504. The van der Waals surface area contributed by atoms with Gasteiger partial charge in [-0.05, 0) is 64.8 Å². The Morgan fingerprint density at radius 3 is 2.64 bits per heavy atom. The highest BCUT2D eigenvalue weighted by Gasteiger charge is 2.25. The molecule has 0 bridgehead atoms. The Labute approximate surface area is 163 Å². The minimum atomic E-state index is -0.803. The van der Waals surface area contributed by atoms with Crippen LogP contribution in [-0.4, -0.2) is 48.1 Å². The summed E-state index contributed by atoms with van der Waals surface area (Å²) < 4.78 is 17.3. The molecule has 3 rings (SSSR count). The van der Waals surface area contributed by atoms with Crippen LogP contribution in [0.15, 0.2) is 23.0 Å². The van der Waals surface area contributed by atoms with Crippen LogP contribution < -0.4 is 20.3 Å². The van der Waals surface area contributed by atoms with E-state index in [0.717, 1.165) is 30.5 Å². The molecule has 1 aromatic carbocycles. The molecule has 1 N–H and O–H groups in total. The number of benzene rings is 1. The van der Waals surface area contributed by atoms with E-state index in [-0.39, 0.29) is 6.01 Å². The van der Waals surface area contributed by atoms with Crippen molar-refractivity contribution in [1.82, 2.24) is 14.9 Å². The Bertz CT molecular complexity index is 910. The summed E-state index contributed by atoms with van der Waals surface area (Å²) in [5, 5.41) is 3.59.